The molecule has 2 aromatic carbocycles. The zero-order valence-electron chi connectivity index (χ0n) is 12.7. The van der Waals surface area contributed by atoms with Gasteiger partial charge in [0.15, 0.2) is 23.0 Å². The highest BCUT2D eigenvalue weighted by Crippen LogP contribution is 2.39. The van der Waals surface area contributed by atoms with E-state index in [0.717, 1.165) is 5.56 Å². The quantitative estimate of drug-likeness (QED) is 0.655. The molecule has 0 unspecified atom stereocenters. The van der Waals surface area contributed by atoms with Gasteiger partial charge < -0.3 is 24.4 Å². The first-order chi connectivity index (χ1) is 10.6. The van der Waals surface area contributed by atoms with Crippen LogP contribution < -0.4 is 14.2 Å². The number of hydrogen-bond acceptors (Lipinski definition) is 5. The van der Waals surface area contributed by atoms with Crippen molar-refractivity contribution in [2.75, 3.05) is 21.3 Å². The average molecular weight is 302 g/mol. The lowest BCUT2D eigenvalue weighted by molar-refractivity contribution is 0.324. The first-order valence-corrected chi connectivity index (χ1v) is 6.59. The lowest BCUT2D eigenvalue weighted by Gasteiger charge is -2.12. The van der Waals surface area contributed by atoms with Crippen LogP contribution in [-0.2, 0) is 0 Å². The zero-order valence-corrected chi connectivity index (χ0v) is 12.7. The molecule has 0 atom stereocenters. The van der Waals surface area contributed by atoms with Crippen LogP contribution in [0.25, 0.3) is 12.2 Å². The summed E-state index contributed by atoms with van der Waals surface area (Å²) in [5.41, 5.74) is 1.31. The van der Waals surface area contributed by atoms with E-state index in [9.17, 15) is 10.2 Å². The van der Waals surface area contributed by atoms with Gasteiger partial charge in [-0.1, -0.05) is 24.3 Å². The molecule has 0 saturated heterocycles. The summed E-state index contributed by atoms with van der Waals surface area (Å²) in [4.78, 5) is 0. The summed E-state index contributed by atoms with van der Waals surface area (Å²) in [5, 5.41) is 19.3. The molecule has 0 saturated carbocycles. The van der Waals surface area contributed by atoms with Crippen LogP contribution in [0.2, 0.25) is 0 Å². The van der Waals surface area contributed by atoms with Crippen LogP contribution in [-0.4, -0.2) is 31.5 Å². The van der Waals surface area contributed by atoms with Gasteiger partial charge in [-0.05, 0) is 23.8 Å². The fourth-order valence-electron chi connectivity index (χ4n) is 2.07. The van der Waals surface area contributed by atoms with E-state index in [4.69, 9.17) is 14.2 Å². The normalized spacial score (nSPS) is 10.7. The predicted molar refractivity (Wildman–Crippen MR) is 84.8 cm³/mol. The number of para-hydroxylation sites is 1. The van der Waals surface area contributed by atoms with Crippen molar-refractivity contribution in [3.05, 3.63) is 41.5 Å². The summed E-state index contributed by atoms with van der Waals surface area (Å²) in [6.07, 6.45) is 3.47. The number of phenols is 2. The molecule has 0 radical (unpaired) electrons. The van der Waals surface area contributed by atoms with Gasteiger partial charge in [0.1, 0.15) is 0 Å². The molecule has 2 N–H and O–H groups in total. The standard InChI is InChI=1S/C17H18O5/c1-20-14-9-11(10-15(21-2)17(14)22-3)7-8-12-5-4-6-13(18)16(12)19/h4-10,18-19H,1-3H3/b8-7-. The Bertz CT molecular complexity index is 666. The smallest absolute Gasteiger partial charge is 0.203 e. The van der Waals surface area contributed by atoms with Crippen molar-refractivity contribution in [1.29, 1.82) is 0 Å². The van der Waals surface area contributed by atoms with Crippen LogP contribution in [0.4, 0.5) is 0 Å². The molecule has 0 aliphatic rings. The summed E-state index contributed by atoms with van der Waals surface area (Å²) in [6, 6.07) is 8.36. The van der Waals surface area contributed by atoms with E-state index in [0.29, 0.717) is 22.8 Å². The molecule has 0 aliphatic heterocycles. The molecule has 0 fully saturated rings. The van der Waals surface area contributed by atoms with Crippen molar-refractivity contribution in [3.63, 3.8) is 0 Å². The van der Waals surface area contributed by atoms with Crippen LogP contribution in [0.3, 0.4) is 0 Å². The lowest BCUT2D eigenvalue weighted by Crippen LogP contribution is -1.95. The summed E-state index contributed by atoms with van der Waals surface area (Å²) in [6.45, 7) is 0. The second-order valence-electron chi connectivity index (χ2n) is 4.51. The molecule has 0 bridgehead atoms. The van der Waals surface area contributed by atoms with Crippen LogP contribution in [0.1, 0.15) is 11.1 Å². The predicted octanol–water partition coefficient (Wildman–Crippen LogP) is 3.29. The summed E-state index contributed by atoms with van der Waals surface area (Å²) < 4.78 is 15.8. The molecule has 0 heterocycles. The number of aromatic hydroxyl groups is 2. The fourth-order valence-corrected chi connectivity index (χ4v) is 2.07. The fraction of sp³-hybridized carbons (Fsp3) is 0.176. The van der Waals surface area contributed by atoms with E-state index < -0.39 is 0 Å². The SMILES string of the molecule is COc1cc(/C=C\c2cccc(O)c2O)cc(OC)c1OC. The third kappa shape index (κ3) is 3.09. The van der Waals surface area contributed by atoms with Crippen molar-refractivity contribution < 1.29 is 24.4 Å². The van der Waals surface area contributed by atoms with Gasteiger partial charge in [0, 0.05) is 5.56 Å². The van der Waals surface area contributed by atoms with Crippen LogP contribution in [0, 0.1) is 0 Å². The molecule has 0 spiro atoms. The van der Waals surface area contributed by atoms with Crippen molar-refractivity contribution in [2.24, 2.45) is 0 Å². The van der Waals surface area contributed by atoms with Crippen molar-refractivity contribution >= 4 is 12.2 Å². The molecule has 116 valence electrons. The van der Waals surface area contributed by atoms with Gasteiger partial charge in [0.2, 0.25) is 5.75 Å². The van der Waals surface area contributed by atoms with Gasteiger partial charge in [-0.25, -0.2) is 0 Å². The van der Waals surface area contributed by atoms with E-state index >= 15 is 0 Å². The first-order valence-electron chi connectivity index (χ1n) is 6.59. The molecule has 0 amide bonds. The van der Waals surface area contributed by atoms with Crippen LogP contribution in [0.15, 0.2) is 30.3 Å². The molecule has 2 rings (SSSR count). The zero-order chi connectivity index (χ0) is 16.1. The monoisotopic (exact) mass is 302 g/mol. The third-order valence-electron chi connectivity index (χ3n) is 3.19. The maximum absolute atomic E-state index is 9.79. The van der Waals surface area contributed by atoms with Gasteiger partial charge in [-0.2, -0.15) is 0 Å². The lowest BCUT2D eigenvalue weighted by atomic mass is 10.1. The Hall–Kier alpha value is -2.82. The second-order valence-corrected chi connectivity index (χ2v) is 4.51. The molecule has 5 nitrogen and oxygen atoms in total. The third-order valence-corrected chi connectivity index (χ3v) is 3.19. The van der Waals surface area contributed by atoms with E-state index in [2.05, 4.69) is 0 Å². The number of rotatable bonds is 5. The van der Waals surface area contributed by atoms with E-state index in [1.165, 1.54) is 6.07 Å². The average Bonchev–Trinajstić information content (AvgIpc) is 2.55. The minimum absolute atomic E-state index is 0.160. The number of ether oxygens (including phenoxy) is 3. The molecule has 5 heteroatoms. The highest BCUT2D eigenvalue weighted by molar-refractivity contribution is 5.75. The second kappa shape index (κ2) is 6.76. The van der Waals surface area contributed by atoms with E-state index in [-0.39, 0.29) is 11.5 Å². The van der Waals surface area contributed by atoms with Gasteiger partial charge >= 0.3 is 0 Å². The molecule has 0 aliphatic carbocycles. The Balaban J connectivity index is 2.41. The maximum atomic E-state index is 9.79. The van der Waals surface area contributed by atoms with E-state index in [1.807, 2.05) is 0 Å². The maximum Gasteiger partial charge on any atom is 0.203 e. The Morgan fingerprint density at radius 3 is 2.05 bits per heavy atom. The van der Waals surface area contributed by atoms with Gasteiger partial charge in [-0.15, -0.1) is 0 Å². The topological polar surface area (TPSA) is 68.2 Å². The van der Waals surface area contributed by atoms with Crippen molar-refractivity contribution in [1.82, 2.24) is 0 Å². The van der Waals surface area contributed by atoms with E-state index in [1.54, 1.807) is 57.7 Å². The van der Waals surface area contributed by atoms with Crippen molar-refractivity contribution in [2.45, 2.75) is 0 Å². The molecule has 22 heavy (non-hydrogen) atoms. The number of benzene rings is 2. The summed E-state index contributed by atoms with van der Waals surface area (Å²) >= 11 is 0. The van der Waals surface area contributed by atoms with Gasteiger partial charge in [-0.3, -0.25) is 0 Å². The molecular formula is C17H18O5. The summed E-state index contributed by atoms with van der Waals surface area (Å²) in [5.74, 6) is 1.28. The Labute approximate surface area is 129 Å². The highest BCUT2D eigenvalue weighted by Gasteiger charge is 2.12. The number of methoxy groups -OCH3 is 3. The first kappa shape index (κ1) is 15.6. The van der Waals surface area contributed by atoms with Crippen LogP contribution in [0.5, 0.6) is 28.7 Å². The Morgan fingerprint density at radius 1 is 0.864 bits per heavy atom. The van der Waals surface area contributed by atoms with Crippen LogP contribution >= 0.6 is 0 Å². The molecular weight excluding hydrogens is 284 g/mol. The molecule has 2 aromatic rings. The largest absolute Gasteiger partial charge is 0.504 e. The summed E-state index contributed by atoms with van der Waals surface area (Å²) in [7, 11) is 4.64. The van der Waals surface area contributed by atoms with Gasteiger partial charge in [0.05, 0.1) is 21.3 Å². The Kier molecular flexibility index (Phi) is 4.78. The van der Waals surface area contributed by atoms with Gasteiger partial charge in [0.25, 0.3) is 0 Å². The minimum Gasteiger partial charge on any atom is -0.504 e. The number of phenolic OH excluding ortho intramolecular Hbond substituents is 2. The van der Waals surface area contributed by atoms with Crippen molar-refractivity contribution in [3.8, 4) is 28.7 Å². The molecule has 0 aromatic heterocycles. The Morgan fingerprint density at radius 2 is 1.50 bits per heavy atom. The highest BCUT2D eigenvalue weighted by atomic mass is 16.5. The minimum atomic E-state index is -0.161. The number of hydrogen-bond donors (Lipinski definition) is 2.